The second-order valence-electron chi connectivity index (χ2n) is 7.55. The number of nitrogens with one attached hydrogen (secondary N) is 1. The molecule has 0 heterocycles. The molecule has 174 valence electrons. The molecule has 8 heteroatoms. The molecular weight excluding hydrogens is 460 g/mol. The molecule has 0 aliphatic heterocycles. The summed E-state index contributed by atoms with van der Waals surface area (Å²) in [6, 6.07) is 20.0. The van der Waals surface area contributed by atoms with Crippen LogP contribution in [0.1, 0.15) is 31.0 Å². The van der Waals surface area contributed by atoms with Crippen LogP contribution in [-0.4, -0.2) is 27.5 Å². The van der Waals surface area contributed by atoms with Crippen molar-refractivity contribution in [3.05, 3.63) is 88.9 Å². The number of benzene rings is 3. The molecular formula is C25H27ClN2O4S. The maximum atomic E-state index is 13.5. The van der Waals surface area contributed by atoms with Gasteiger partial charge in [0, 0.05) is 5.02 Å². The van der Waals surface area contributed by atoms with Crippen LogP contribution in [0.5, 0.6) is 5.75 Å². The summed E-state index contributed by atoms with van der Waals surface area (Å²) in [6.07, 6.45) is 0. The summed E-state index contributed by atoms with van der Waals surface area (Å²) in [5.41, 5.74) is 1.92. The Hall–Kier alpha value is -3.03. The van der Waals surface area contributed by atoms with E-state index < -0.39 is 15.9 Å². The minimum Gasteiger partial charge on any atom is -0.494 e. The normalized spacial score (nSPS) is 12.1. The fraction of sp³-hybridized carbons (Fsp3) is 0.240. The van der Waals surface area contributed by atoms with Crippen molar-refractivity contribution in [2.75, 3.05) is 17.5 Å². The van der Waals surface area contributed by atoms with Crippen molar-refractivity contribution in [1.82, 2.24) is 5.32 Å². The highest BCUT2D eigenvalue weighted by atomic mass is 35.5. The highest BCUT2D eigenvalue weighted by Gasteiger charge is 2.28. The van der Waals surface area contributed by atoms with Gasteiger partial charge in [-0.2, -0.15) is 0 Å². The predicted molar refractivity (Wildman–Crippen MR) is 131 cm³/mol. The molecule has 3 rings (SSSR count). The van der Waals surface area contributed by atoms with Crippen molar-refractivity contribution in [3.8, 4) is 5.75 Å². The van der Waals surface area contributed by atoms with Gasteiger partial charge in [0.2, 0.25) is 5.91 Å². The van der Waals surface area contributed by atoms with Gasteiger partial charge >= 0.3 is 0 Å². The maximum absolute atomic E-state index is 13.5. The van der Waals surface area contributed by atoms with Gasteiger partial charge in [-0.15, -0.1) is 0 Å². The Kier molecular flexibility index (Phi) is 8.00. The van der Waals surface area contributed by atoms with E-state index in [1.54, 1.807) is 43.3 Å². The van der Waals surface area contributed by atoms with E-state index in [2.05, 4.69) is 5.32 Å². The molecule has 0 saturated heterocycles. The number of carbonyl (C=O) groups excluding carboxylic acids is 1. The summed E-state index contributed by atoms with van der Waals surface area (Å²) in [5, 5.41) is 3.38. The second-order valence-corrected chi connectivity index (χ2v) is 9.85. The Bertz CT molecular complexity index is 1200. The first-order valence-corrected chi connectivity index (χ1v) is 12.4. The molecule has 1 amide bonds. The zero-order valence-corrected chi connectivity index (χ0v) is 20.4. The second kappa shape index (κ2) is 10.7. The number of amides is 1. The lowest BCUT2D eigenvalue weighted by atomic mass is 10.1. The number of ether oxygens (including phenoxy) is 1. The lowest BCUT2D eigenvalue weighted by molar-refractivity contribution is -0.120. The number of hydrogen-bond acceptors (Lipinski definition) is 4. The zero-order valence-electron chi connectivity index (χ0n) is 18.8. The molecule has 1 N–H and O–H groups in total. The van der Waals surface area contributed by atoms with Crippen molar-refractivity contribution in [2.45, 2.75) is 31.7 Å². The monoisotopic (exact) mass is 486 g/mol. The van der Waals surface area contributed by atoms with Crippen LogP contribution >= 0.6 is 11.6 Å². The molecule has 3 aromatic carbocycles. The van der Waals surface area contributed by atoms with Crippen LogP contribution in [0.25, 0.3) is 0 Å². The summed E-state index contributed by atoms with van der Waals surface area (Å²) in [6.45, 7) is 5.71. The SMILES string of the molecule is CCOc1ccc([C@@H](C)NC(=O)CN(c2ccc(Cl)cc2C)S(=O)(=O)c2ccccc2)cc1. The van der Waals surface area contributed by atoms with Crippen molar-refractivity contribution >= 4 is 33.2 Å². The fourth-order valence-corrected chi connectivity index (χ4v) is 5.17. The lowest BCUT2D eigenvalue weighted by Crippen LogP contribution is -2.41. The van der Waals surface area contributed by atoms with Crippen LogP contribution in [0.2, 0.25) is 5.02 Å². The van der Waals surface area contributed by atoms with Crippen molar-refractivity contribution in [1.29, 1.82) is 0 Å². The highest BCUT2D eigenvalue weighted by Crippen LogP contribution is 2.29. The van der Waals surface area contributed by atoms with Gasteiger partial charge in [0.15, 0.2) is 0 Å². The molecule has 0 spiro atoms. The van der Waals surface area contributed by atoms with Crippen molar-refractivity contribution < 1.29 is 17.9 Å². The summed E-state index contributed by atoms with van der Waals surface area (Å²) >= 11 is 6.07. The van der Waals surface area contributed by atoms with Gasteiger partial charge in [0.05, 0.1) is 23.2 Å². The number of halogens is 1. The van der Waals surface area contributed by atoms with Gasteiger partial charge in [0.1, 0.15) is 12.3 Å². The summed E-state index contributed by atoms with van der Waals surface area (Å²) in [7, 11) is -3.98. The van der Waals surface area contributed by atoms with Gasteiger partial charge in [-0.1, -0.05) is 41.9 Å². The molecule has 33 heavy (non-hydrogen) atoms. The van der Waals surface area contributed by atoms with Crippen LogP contribution in [0.4, 0.5) is 5.69 Å². The number of sulfonamides is 1. The quantitative estimate of drug-likeness (QED) is 0.455. The minimum atomic E-state index is -3.98. The third-order valence-electron chi connectivity index (χ3n) is 5.11. The van der Waals surface area contributed by atoms with Gasteiger partial charge < -0.3 is 10.1 Å². The number of anilines is 1. The first-order valence-electron chi connectivity index (χ1n) is 10.6. The van der Waals surface area contributed by atoms with E-state index in [-0.39, 0.29) is 17.5 Å². The van der Waals surface area contributed by atoms with Gasteiger partial charge in [-0.25, -0.2) is 8.42 Å². The van der Waals surface area contributed by atoms with Crippen LogP contribution in [0.15, 0.2) is 77.7 Å². The van der Waals surface area contributed by atoms with Crippen LogP contribution in [0, 0.1) is 6.92 Å². The van der Waals surface area contributed by atoms with Gasteiger partial charge in [-0.05, 0) is 74.4 Å². The number of nitrogens with zero attached hydrogens (tertiary/aromatic N) is 1. The van der Waals surface area contributed by atoms with Crippen LogP contribution < -0.4 is 14.4 Å². The molecule has 0 aromatic heterocycles. The first kappa shape index (κ1) is 24.6. The minimum absolute atomic E-state index is 0.103. The molecule has 0 aliphatic carbocycles. The highest BCUT2D eigenvalue weighted by molar-refractivity contribution is 7.92. The van der Waals surface area contributed by atoms with E-state index in [0.29, 0.717) is 22.9 Å². The molecule has 0 saturated carbocycles. The Morgan fingerprint density at radius 2 is 1.73 bits per heavy atom. The Morgan fingerprint density at radius 1 is 1.06 bits per heavy atom. The number of carbonyl (C=O) groups is 1. The standard InChI is InChI=1S/C25H27ClN2O4S/c1-4-32-22-13-10-20(11-14-22)19(3)27-25(29)17-28(24-15-12-21(26)16-18(24)2)33(30,31)23-8-6-5-7-9-23/h5-16,19H,4,17H2,1-3H3,(H,27,29)/t19-/m1/s1. The van der Waals surface area contributed by atoms with E-state index in [0.717, 1.165) is 15.6 Å². The van der Waals surface area contributed by atoms with Crippen LogP contribution in [0.3, 0.4) is 0 Å². The first-order chi connectivity index (χ1) is 15.7. The third-order valence-corrected chi connectivity index (χ3v) is 7.12. The van der Waals surface area contributed by atoms with E-state index in [9.17, 15) is 13.2 Å². The summed E-state index contributed by atoms with van der Waals surface area (Å²) < 4.78 is 33.5. The summed E-state index contributed by atoms with van der Waals surface area (Å²) in [5.74, 6) is 0.323. The molecule has 6 nitrogen and oxygen atoms in total. The predicted octanol–water partition coefficient (Wildman–Crippen LogP) is 5.12. The molecule has 0 aliphatic rings. The molecule has 0 bridgehead atoms. The summed E-state index contributed by atoms with van der Waals surface area (Å²) in [4.78, 5) is 13.1. The van der Waals surface area contributed by atoms with E-state index in [1.165, 1.54) is 12.1 Å². The smallest absolute Gasteiger partial charge is 0.264 e. The molecule has 1 atom stereocenters. The van der Waals surface area contributed by atoms with Gasteiger partial charge in [0.25, 0.3) is 10.0 Å². The van der Waals surface area contributed by atoms with Gasteiger partial charge in [-0.3, -0.25) is 9.10 Å². The molecule has 0 unspecified atom stereocenters. The largest absolute Gasteiger partial charge is 0.494 e. The van der Waals surface area contributed by atoms with E-state index in [4.69, 9.17) is 16.3 Å². The molecule has 3 aromatic rings. The fourth-order valence-electron chi connectivity index (χ4n) is 3.44. The molecule has 0 fully saturated rings. The average Bonchev–Trinajstić information content (AvgIpc) is 2.79. The van der Waals surface area contributed by atoms with Crippen LogP contribution in [-0.2, 0) is 14.8 Å². The third kappa shape index (κ3) is 6.06. The number of aryl methyl sites for hydroxylation is 1. The topological polar surface area (TPSA) is 75.7 Å². The Labute approximate surface area is 200 Å². The molecule has 0 radical (unpaired) electrons. The zero-order chi connectivity index (χ0) is 24.0. The maximum Gasteiger partial charge on any atom is 0.264 e. The Balaban J connectivity index is 1.86. The lowest BCUT2D eigenvalue weighted by Gasteiger charge is -2.26. The van der Waals surface area contributed by atoms with E-state index in [1.807, 2.05) is 38.1 Å². The van der Waals surface area contributed by atoms with E-state index >= 15 is 0 Å². The van der Waals surface area contributed by atoms with Crippen molar-refractivity contribution in [2.24, 2.45) is 0 Å². The van der Waals surface area contributed by atoms with Crippen molar-refractivity contribution in [3.63, 3.8) is 0 Å². The Morgan fingerprint density at radius 3 is 2.33 bits per heavy atom. The average molecular weight is 487 g/mol. The number of rotatable bonds is 9. The number of hydrogen-bond donors (Lipinski definition) is 1.